The summed E-state index contributed by atoms with van der Waals surface area (Å²) in [6.45, 7) is 0. The Morgan fingerprint density at radius 1 is 1.46 bits per heavy atom. The third kappa shape index (κ3) is 3.49. The number of hydrogen-bond donors (Lipinski definition) is 2. The molecule has 24 heavy (non-hydrogen) atoms. The van der Waals surface area contributed by atoms with Crippen LogP contribution in [0.2, 0.25) is 5.02 Å². The van der Waals surface area contributed by atoms with Crippen LogP contribution >= 0.6 is 39.7 Å². The molecule has 5 nitrogen and oxygen atoms in total. The van der Waals surface area contributed by atoms with Crippen molar-refractivity contribution < 1.29 is 17.7 Å². The van der Waals surface area contributed by atoms with E-state index in [4.69, 9.17) is 35.3 Å². The zero-order valence-electron chi connectivity index (χ0n) is 11.8. The van der Waals surface area contributed by atoms with Gasteiger partial charge in [0.2, 0.25) is 4.90 Å². The third-order valence-corrected chi connectivity index (χ3v) is 5.02. The molecule has 1 heterocycles. The van der Waals surface area contributed by atoms with Crippen LogP contribution in [0.4, 0.5) is 19.0 Å². The number of aromatic nitrogens is 2. The number of anilines is 1. The van der Waals surface area contributed by atoms with Crippen molar-refractivity contribution in [3.8, 4) is 5.69 Å². The van der Waals surface area contributed by atoms with Crippen LogP contribution in [0.15, 0.2) is 21.5 Å². The predicted octanol–water partition coefficient (Wildman–Crippen LogP) is 3.26. The number of benzene rings is 1. The fourth-order valence-electron chi connectivity index (χ4n) is 1.96. The molecule has 1 unspecified atom stereocenters. The lowest BCUT2D eigenvalue weighted by atomic mass is 10.2. The van der Waals surface area contributed by atoms with Gasteiger partial charge in [0.05, 0.1) is 16.3 Å². The van der Waals surface area contributed by atoms with Gasteiger partial charge >= 0.3 is 6.18 Å². The molecule has 0 aliphatic heterocycles. The second kappa shape index (κ2) is 6.71. The summed E-state index contributed by atoms with van der Waals surface area (Å²) >= 11 is 12.3. The van der Waals surface area contributed by atoms with Crippen LogP contribution in [0, 0.1) is 0 Å². The first kappa shape index (κ1) is 19.3. The maximum Gasteiger partial charge on any atom is 0.416 e. The number of alkyl halides is 3. The van der Waals surface area contributed by atoms with Gasteiger partial charge in [0.25, 0.3) is 0 Å². The fraction of sp³-hybridized carbons (Fsp3) is 0.167. The summed E-state index contributed by atoms with van der Waals surface area (Å²) in [6.07, 6.45) is -3.22. The van der Waals surface area contributed by atoms with E-state index in [2.05, 4.69) is 21.0 Å². The SMILES string of the molecule is C[S+]([O-])c1c(C(N)=S)nn(-c2c(Cl)cc(C(F)(F)F)cc2Br)c1N. The summed E-state index contributed by atoms with van der Waals surface area (Å²) < 4.78 is 51.4. The lowest BCUT2D eigenvalue weighted by molar-refractivity contribution is -0.137. The lowest BCUT2D eigenvalue weighted by Crippen LogP contribution is -2.14. The Balaban J connectivity index is 2.74. The zero-order valence-corrected chi connectivity index (χ0v) is 15.8. The molecule has 130 valence electrons. The van der Waals surface area contributed by atoms with Crippen molar-refractivity contribution in [1.29, 1.82) is 0 Å². The molecule has 2 rings (SSSR count). The van der Waals surface area contributed by atoms with Gasteiger partial charge in [0.15, 0.2) is 11.5 Å². The normalized spacial score (nSPS) is 13.1. The van der Waals surface area contributed by atoms with Crippen molar-refractivity contribution in [3.05, 3.63) is 32.9 Å². The van der Waals surface area contributed by atoms with E-state index in [1.54, 1.807) is 0 Å². The molecule has 0 fully saturated rings. The lowest BCUT2D eigenvalue weighted by Gasteiger charge is -2.13. The van der Waals surface area contributed by atoms with E-state index in [-0.39, 0.29) is 36.6 Å². The molecule has 0 aliphatic rings. The van der Waals surface area contributed by atoms with Gasteiger partial charge in [-0.05, 0) is 39.2 Å². The second-order valence-electron chi connectivity index (χ2n) is 4.58. The highest BCUT2D eigenvalue weighted by Crippen LogP contribution is 2.39. The summed E-state index contributed by atoms with van der Waals surface area (Å²) in [5.74, 6) is -0.0824. The molecular formula is C12H9BrClF3N4OS2. The zero-order chi connectivity index (χ0) is 18.4. The van der Waals surface area contributed by atoms with Gasteiger partial charge in [-0.15, -0.1) is 0 Å². The first-order valence-corrected chi connectivity index (χ1v) is 9.17. The van der Waals surface area contributed by atoms with Crippen molar-refractivity contribution in [2.75, 3.05) is 12.0 Å². The van der Waals surface area contributed by atoms with Crippen LogP contribution in [0.1, 0.15) is 11.3 Å². The Hall–Kier alpha value is -1.01. The van der Waals surface area contributed by atoms with E-state index >= 15 is 0 Å². The van der Waals surface area contributed by atoms with Gasteiger partial charge in [0, 0.05) is 4.47 Å². The molecule has 1 atom stereocenters. The third-order valence-electron chi connectivity index (χ3n) is 2.95. The van der Waals surface area contributed by atoms with Crippen LogP contribution in [-0.2, 0) is 17.4 Å². The molecule has 12 heteroatoms. The minimum absolute atomic E-state index is 0.000509. The predicted molar refractivity (Wildman–Crippen MR) is 93.9 cm³/mol. The van der Waals surface area contributed by atoms with Gasteiger partial charge in [-0.1, -0.05) is 23.8 Å². The molecule has 1 aromatic carbocycles. The van der Waals surface area contributed by atoms with E-state index in [1.807, 2.05) is 0 Å². The number of nitrogen functional groups attached to an aromatic ring is 1. The molecule has 1 aromatic heterocycles. The number of nitrogens with two attached hydrogens (primary N) is 2. The van der Waals surface area contributed by atoms with Crippen LogP contribution < -0.4 is 11.5 Å². The molecule has 0 saturated heterocycles. The first-order valence-electron chi connectivity index (χ1n) is 6.03. The summed E-state index contributed by atoms with van der Waals surface area (Å²) in [7, 11) is 0. The van der Waals surface area contributed by atoms with E-state index < -0.39 is 22.9 Å². The molecule has 0 amide bonds. The molecule has 2 aromatic rings. The maximum absolute atomic E-state index is 12.8. The second-order valence-corrected chi connectivity index (χ2v) is 7.60. The van der Waals surface area contributed by atoms with E-state index in [0.29, 0.717) is 0 Å². The largest absolute Gasteiger partial charge is 0.611 e. The Kier molecular flexibility index (Phi) is 5.40. The quantitative estimate of drug-likeness (QED) is 0.541. The summed E-state index contributed by atoms with van der Waals surface area (Å²) in [5.41, 5.74) is 10.6. The minimum Gasteiger partial charge on any atom is -0.611 e. The molecule has 0 saturated carbocycles. The summed E-state index contributed by atoms with van der Waals surface area (Å²) in [6, 6.07) is 1.58. The Morgan fingerprint density at radius 2 is 2.04 bits per heavy atom. The summed E-state index contributed by atoms with van der Waals surface area (Å²) in [4.78, 5) is -0.0600. The summed E-state index contributed by atoms with van der Waals surface area (Å²) in [5, 5.41) is 3.80. The molecule has 0 aliphatic carbocycles. The standard InChI is InChI=1S/C12H9BrClF3N4OS2/c1-24(22)9-7(11(19)23)20-21(10(9)18)8-5(13)2-4(3-6(8)14)12(15,16)17/h2-3H,18H2,1H3,(H2,19,23). The smallest absolute Gasteiger partial charge is 0.416 e. The van der Waals surface area contributed by atoms with Gasteiger partial charge in [-0.3, -0.25) is 0 Å². The topological polar surface area (TPSA) is 92.9 Å². The molecule has 0 bridgehead atoms. The van der Waals surface area contributed by atoms with Crippen LogP contribution in [-0.4, -0.2) is 25.6 Å². The Labute approximate surface area is 156 Å². The van der Waals surface area contributed by atoms with E-state index in [9.17, 15) is 17.7 Å². The van der Waals surface area contributed by atoms with Crippen LogP contribution in [0.5, 0.6) is 0 Å². The number of thiocarbonyl (C=S) groups is 1. The van der Waals surface area contributed by atoms with E-state index in [0.717, 1.165) is 16.8 Å². The minimum atomic E-state index is -4.57. The highest BCUT2D eigenvalue weighted by molar-refractivity contribution is 9.10. The van der Waals surface area contributed by atoms with Crippen LogP contribution in [0.3, 0.4) is 0 Å². The monoisotopic (exact) mass is 460 g/mol. The molecule has 0 radical (unpaired) electrons. The molecule has 0 spiro atoms. The molecule has 4 N–H and O–H groups in total. The first-order chi connectivity index (χ1) is 10.9. The number of halogens is 5. The van der Waals surface area contributed by atoms with Gasteiger partial charge in [-0.2, -0.15) is 18.3 Å². The van der Waals surface area contributed by atoms with Crippen LogP contribution in [0.25, 0.3) is 5.69 Å². The average Bonchev–Trinajstić information content (AvgIpc) is 2.75. The number of hydrogen-bond acceptors (Lipinski definition) is 4. The van der Waals surface area contributed by atoms with Crippen molar-refractivity contribution in [2.45, 2.75) is 11.1 Å². The van der Waals surface area contributed by atoms with Crippen molar-refractivity contribution in [2.24, 2.45) is 5.73 Å². The van der Waals surface area contributed by atoms with Crippen molar-refractivity contribution in [3.63, 3.8) is 0 Å². The van der Waals surface area contributed by atoms with Gasteiger partial charge in [-0.25, -0.2) is 4.68 Å². The van der Waals surface area contributed by atoms with Gasteiger partial charge < -0.3 is 16.0 Å². The van der Waals surface area contributed by atoms with Crippen molar-refractivity contribution >= 4 is 61.7 Å². The van der Waals surface area contributed by atoms with Crippen molar-refractivity contribution in [1.82, 2.24) is 9.78 Å². The molecular weight excluding hydrogens is 453 g/mol. The number of nitrogens with zero attached hydrogens (tertiary/aromatic N) is 2. The van der Waals surface area contributed by atoms with E-state index in [1.165, 1.54) is 6.26 Å². The fourth-order valence-corrected chi connectivity index (χ4v) is 4.02. The maximum atomic E-state index is 12.8. The Bertz CT molecular complexity index is 802. The average molecular weight is 462 g/mol. The van der Waals surface area contributed by atoms with Gasteiger partial charge in [0.1, 0.15) is 11.2 Å². The highest BCUT2D eigenvalue weighted by Gasteiger charge is 2.33. The Morgan fingerprint density at radius 3 is 2.42 bits per heavy atom. The number of rotatable bonds is 3. The highest BCUT2D eigenvalue weighted by atomic mass is 79.9.